The van der Waals surface area contributed by atoms with E-state index in [2.05, 4.69) is 18.7 Å². The van der Waals surface area contributed by atoms with Gasteiger partial charge >= 0.3 is 0 Å². The fourth-order valence-corrected chi connectivity index (χ4v) is 1.32. The molecule has 1 aliphatic heterocycles. The van der Waals surface area contributed by atoms with Gasteiger partial charge in [-0.2, -0.15) is 0 Å². The van der Waals surface area contributed by atoms with Gasteiger partial charge in [0.25, 0.3) is 0 Å². The molecular weight excluding hydrogens is 142 g/mol. The molecule has 0 aromatic carbocycles. The number of hydrogen-bond donors (Lipinski definition) is 0. The summed E-state index contributed by atoms with van der Waals surface area (Å²) in [5, 5.41) is 0. The second-order valence-electron chi connectivity index (χ2n) is 3.48. The van der Waals surface area contributed by atoms with E-state index in [-0.39, 0.29) is 5.54 Å². The van der Waals surface area contributed by atoms with Gasteiger partial charge in [-0.05, 0) is 13.8 Å². The first-order valence-corrected chi connectivity index (χ1v) is 3.93. The van der Waals surface area contributed by atoms with Crippen LogP contribution in [-0.2, 0) is 9.53 Å². The zero-order chi connectivity index (χ0) is 8.32. The van der Waals surface area contributed by atoms with E-state index in [9.17, 15) is 4.79 Å². The molecule has 0 aliphatic carbocycles. The summed E-state index contributed by atoms with van der Waals surface area (Å²) in [6.45, 7) is 7.05. The summed E-state index contributed by atoms with van der Waals surface area (Å²) in [5.41, 5.74) is 0.0269. The molecule has 1 fully saturated rings. The molecular formula is C8H15NO2. The molecule has 0 aromatic heterocycles. The highest BCUT2D eigenvalue weighted by Gasteiger charge is 2.29. The highest BCUT2D eigenvalue weighted by atomic mass is 16.5. The van der Waals surface area contributed by atoms with E-state index in [0.29, 0.717) is 6.54 Å². The van der Waals surface area contributed by atoms with Crippen LogP contribution in [0.4, 0.5) is 0 Å². The van der Waals surface area contributed by atoms with Crippen LogP contribution in [0.5, 0.6) is 0 Å². The Morgan fingerprint density at radius 3 is 2.91 bits per heavy atom. The predicted octanol–water partition coefficient (Wildman–Crippen LogP) is 0.296. The number of rotatable bonds is 2. The molecule has 0 atom stereocenters. The fraction of sp³-hybridized carbons (Fsp3) is 0.875. The van der Waals surface area contributed by atoms with E-state index in [1.807, 2.05) is 0 Å². The highest BCUT2D eigenvalue weighted by molar-refractivity contribution is 5.52. The minimum absolute atomic E-state index is 0.0269. The predicted molar refractivity (Wildman–Crippen MR) is 42.5 cm³/mol. The number of hydrogen-bond acceptors (Lipinski definition) is 3. The number of carbonyl (C=O) groups excluding carboxylic acids is 1. The zero-order valence-corrected chi connectivity index (χ0v) is 7.17. The molecule has 3 nitrogen and oxygen atoms in total. The Bertz CT molecular complexity index is 145. The van der Waals surface area contributed by atoms with Crippen molar-refractivity contribution < 1.29 is 9.53 Å². The molecule has 0 amide bonds. The van der Waals surface area contributed by atoms with Gasteiger partial charge in [0, 0.05) is 12.1 Å². The monoisotopic (exact) mass is 157 g/mol. The van der Waals surface area contributed by atoms with Crippen molar-refractivity contribution in [1.29, 1.82) is 0 Å². The molecule has 0 bridgehead atoms. The van der Waals surface area contributed by atoms with Gasteiger partial charge in [-0.25, -0.2) is 0 Å². The molecule has 0 N–H and O–H groups in total. The highest BCUT2D eigenvalue weighted by Crippen LogP contribution is 2.17. The van der Waals surface area contributed by atoms with Gasteiger partial charge in [0.1, 0.15) is 6.29 Å². The molecule has 11 heavy (non-hydrogen) atoms. The molecule has 3 heteroatoms. The Labute approximate surface area is 67.3 Å². The van der Waals surface area contributed by atoms with E-state index in [1.54, 1.807) is 0 Å². The summed E-state index contributed by atoms with van der Waals surface area (Å²) < 4.78 is 5.30. The van der Waals surface area contributed by atoms with Crippen molar-refractivity contribution in [2.75, 3.05) is 26.3 Å². The van der Waals surface area contributed by atoms with Crippen molar-refractivity contribution in [2.24, 2.45) is 0 Å². The van der Waals surface area contributed by atoms with Crippen LogP contribution in [0.1, 0.15) is 13.8 Å². The molecule has 1 rings (SSSR count). The van der Waals surface area contributed by atoms with Gasteiger partial charge in [0.05, 0.1) is 19.8 Å². The maximum absolute atomic E-state index is 10.3. The molecule has 0 spiro atoms. The third-order valence-corrected chi connectivity index (χ3v) is 2.11. The average Bonchev–Trinajstić information content (AvgIpc) is 1.94. The van der Waals surface area contributed by atoms with Crippen molar-refractivity contribution in [3.8, 4) is 0 Å². The lowest BCUT2D eigenvalue weighted by Gasteiger charge is -2.40. The first-order valence-electron chi connectivity index (χ1n) is 3.93. The summed E-state index contributed by atoms with van der Waals surface area (Å²) >= 11 is 0. The molecule has 1 saturated heterocycles. The molecule has 0 unspecified atom stereocenters. The number of morpholine rings is 1. The lowest BCUT2D eigenvalue weighted by molar-refractivity contribution is -0.113. The molecule has 0 saturated carbocycles. The largest absolute Gasteiger partial charge is 0.378 e. The smallest absolute Gasteiger partial charge is 0.134 e. The summed E-state index contributed by atoms with van der Waals surface area (Å²) in [6, 6.07) is 0. The average molecular weight is 157 g/mol. The Kier molecular flexibility index (Phi) is 2.62. The lowest BCUT2D eigenvalue weighted by atomic mass is 10.0. The third-order valence-electron chi connectivity index (χ3n) is 2.11. The van der Waals surface area contributed by atoms with Crippen molar-refractivity contribution in [1.82, 2.24) is 4.90 Å². The minimum Gasteiger partial charge on any atom is -0.378 e. The second kappa shape index (κ2) is 3.32. The maximum atomic E-state index is 10.3. The Morgan fingerprint density at radius 2 is 2.36 bits per heavy atom. The van der Waals surface area contributed by atoms with E-state index in [1.165, 1.54) is 0 Å². The quantitative estimate of drug-likeness (QED) is 0.540. The van der Waals surface area contributed by atoms with Gasteiger partial charge in [-0.15, -0.1) is 0 Å². The van der Waals surface area contributed by atoms with Gasteiger partial charge in [0.15, 0.2) is 0 Å². The van der Waals surface area contributed by atoms with Crippen LogP contribution in [0.3, 0.4) is 0 Å². The first kappa shape index (κ1) is 8.68. The van der Waals surface area contributed by atoms with E-state index in [4.69, 9.17) is 4.74 Å². The first-order chi connectivity index (χ1) is 5.17. The number of carbonyl (C=O) groups is 1. The van der Waals surface area contributed by atoms with Gasteiger partial charge in [0.2, 0.25) is 0 Å². The van der Waals surface area contributed by atoms with E-state index >= 15 is 0 Å². The van der Waals surface area contributed by atoms with Crippen molar-refractivity contribution in [3.63, 3.8) is 0 Å². The van der Waals surface area contributed by atoms with Crippen LogP contribution in [0.25, 0.3) is 0 Å². The maximum Gasteiger partial charge on any atom is 0.134 e. The van der Waals surface area contributed by atoms with Crippen LogP contribution in [-0.4, -0.2) is 43.0 Å². The number of nitrogens with zero attached hydrogens (tertiary/aromatic N) is 1. The molecule has 64 valence electrons. The number of aldehydes is 1. The summed E-state index contributed by atoms with van der Waals surface area (Å²) in [6.07, 6.45) is 0.951. The van der Waals surface area contributed by atoms with Gasteiger partial charge < -0.3 is 9.53 Å². The Balaban J connectivity index is 2.52. The molecule has 0 radical (unpaired) electrons. The molecule has 0 aromatic rings. The number of ether oxygens (including phenoxy) is 1. The normalized spacial score (nSPS) is 24.9. The molecule has 1 aliphatic rings. The summed E-state index contributed by atoms with van der Waals surface area (Å²) in [4.78, 5) is 12.4. The minimum atomic E-state index is 0.0269. The van der Waals surface area contributed by atoms with Crippen molar-refractivity contribution >= 4 is 6.29 Å². The van der Waals surface area contributed by atoms with Crippen LogP contribution >= 0.6 is 0 Å². The zero-order valence-electron chi connectivity index (χ0n) is 7.17. The van der Waals surface area contributed by atoms with Crippen molar-refractivity contribution in [3.05, 3.63) is 0 Å². The van der Waals surface area contributed by atoms with Crippen LogP contribution in [0, 0.1) is 0 Å². The van der Waals surface area contributed by atoms with Gasteiger partial charge in [-0.1, -0.05) is 0 Å². The van der Waals surface area contributed by atoms with Crippen LogP contribution in [0.15, 0.2) is 0 Å². The SMILES string of the molecule is CC1(C)COCCN1CC=O. The summed E-state index contributed by atoms with van der Waals surface area (Å²) in [5.74, 6) is 0. The fourth-order valence-electron chi connectivity index (χ4n) is 1.32. The van der Waals surface area contributed by atoms with Crippen LogP contribution in [0.2, 0.25) is 0 Å². The van der Waals surface area contributed by atoms with E-state index < -0.39 is 0 Å². The summed E-state index contributed by atoms with van der Waals surface area (Å²) in [7, 11) is 0. The van der Waals surface area contributed by atoms with Gasteiger partial charge in [-0.3, -0.25) is 4.90 Å². The van der Waals surface area contributed by atoms with Crippen LogP contribution < -0.4 is 0 Å². The third kappa shape index (κ3) is 2.01. The topological polar surface area (TPSA) is 29.5 Å². The Hall–Kier alpha value is -0.410. The van der Waals surface area contributed by atoms with Crippen molar-refractivity contribution in [2.45, 2.75) is 19.4 Å². The standard InChI is InChI=1S/C8H15NO2/c1-8(2)7-11-6-4-9(8)3-5-10/h5H,3-4,6-7H2,1-2H3. The van der Waals surface area contributed by atoms with E-state index in [0.717, 1.165) is 26.0 Å². The Morgan fingerprint density at radius 1 is 1.64 bits per heavy atom. The second-order valence-corrected chi connectivity index (χ2v) is 3.48. The molecule has 1 heterocycles. The lowest BCUT2D eigenvalue weighted by Crippen LogP contribution is -2.53.